The number of aliphatic hydroxyl groups is 1. The minimum absolute atomic E-state index is 0.190. The molecule has 12 heteroatoms. The molecule has 1 aromatic heterocycles. The summed E-state index contributed by atoms with van der Waals surface area (Å²) >= 11 is 1.34. The van der Waals surface area contributed by atoms with Crippen LogP contribution in [0.25, 0.3) is 33.4 Å². The Hall–Kier alpha value is -4.81. The van der Waals surface area contributed by atoms with Gasteiger partial charge in [0.2, 0.25) is 0 Å². The molecule has 7 nitrogen and oxygen atoms in total. The smallest absolute Gasteiger partial charge is 0.262 e. The minimum Gasteiger partial charge on any atom is -0.455 e. The topological polar surface area (TPSA) is 104 Å². The standard InChI is InChI=1S/C32H26F3N3O3S.CH3FO/c1-36-32(40)27-24-16-23(25(38-42-2)17-26(24)41-29(27)19-11-13-22(33)14-12-19)20-9-6-10-21(15-20)31(39)37-28(30(34)35)18-7-4-3-5-8-18;2-1-3/h3-17,28,30,38H,1-2H3,(H,36,40)(H,37,39);3H,1H2. The normalized spacial score (nSPS) is 11.5. The Balaban J connectivity index is 0.00000148. The summed E-state index contributed by atoms with van der Waals surface area (Å²) < 4.78 is 60.6. The Labute approximate surface area is 260 Å². The predicted octanol–water partition coefficient (Wildman–Crippen LogP) is 7.60. The summed E-state index contributed by atoms with van der Waals surface area (Å²) in [7, 11) is 1.50. The number of benzene rings is 4. The molecule has 0 bridgehead atoms. The number of furan rings is 1. The summed E-state index contributed by atoms with van der Waals surface area (Å²) in [5.74, 6) is -1.18. The van der Waals surface area contributed by atoms with Gasteiger partial charge in [0.25, 0.3) is 18.2 Å². The summed E-state index contributed by atoms with van der Waals surface area (Å²) in [5.41, 5.74) is 3.61. The highest BCUT2D eigenvalue weighted by Crippen LogP contribution is 2.40. The average molecular weight is 640 g/mol. The van der Waals surface area contributed by atoms with Crippen LogP contribution in [0.5, 0.6) is 0 Å². The van der Waals surface area contributed by atoms with Gasteiger partial charge in [-0.2, -0.15) is 0 Å². The van der Waals surface area contributed by atoms with E-state index < -0.39 is 37.0 Å². The molecule has 0 fully saturated rings. The van der Waals surface area contributed by atoms with E-state index in [2.05, 4.69) is 15.4 Å². The molecule has 0 saturated heterocycles. The molecule has 2 amide bonds. The molecule has 45 heavy (non-hydrogen) atoms. The molecule has 1 atom stereocenters. The quantitative estimate of drug-likeness (QED) is 0.0979. The Bertz CT molecular complexity index is 1770. The molecule has 234 valence electrons. The zero-order valence-electron chi connectivity index (χ0n) is 24.1. The number of rotatable bonds is 9. The van der Waals surface area contributed by atoms with E-state index in [1.54, 1.807) is 54.6 Å². The number of halogens is 4. The van der Waals surface area contributed by atoms with Crippen LogP contribution in [0.2, 0.25) is 0 Å². The van der Waals surface area contributed by atoms with Gasteiger partial charge in [-0.15, -0.1) is 0 Å². The maximum absolute atomic E-state index is 13.9. The van der Waals surface area contributed by atoms with Gasteiger partial charge < -0.3 is 24.9 Å². The third kappa shape index (κ3) is 7.65. The highest BCUT2D eigenvalue weighted by atomic mass is 32.2. The zero-order valence-corrected chi connectivity index (χ0v) is 24.9. The number of alkyl halides is 3. The second-order valence-corrected chi connectivity index (χ2v) is 10.1. The van der Waals surface area contributed by atoms with Crippen molar-refractivity contribution in [1.29, 1.82) is 0 Å². The van der Waals surface area contributed by atoms with Crippen molar-refractivity contribution >= 4 is 40.4 Å². The van der Waals surface area contributed by atoms with E-state index in [1.807, 2.05) is 6.26 Å². The number of hydrogen-bond acceptors (Lipinski definition) is 6. The number of anilines is 1. The highest BCUT2D eigenvalue weighted by Gasteiger charge is 2.26. The van der Waals surface area contributed by atoms with E-state index >= 15 is 0 Å². The van der Waals surface area contributed by atoms with E-state index in [0.717, 1.165) is 0 Å². The molecule has 1 heterocycles. The van der Waals surface area contributed by atoms with Crippen molar-refractivity contribution in [2.45, 2.75) is 12.5 Å². The van der Waals surface area contributed by atoms with Gasteiger partial charge in [-0.1, -0.05) is 54.4 Å². The molecule has 1 unspecified atom stereocenters. The summed E-state index contributed by atoms with van der Waals surface area (Å²) in [6.45, 7) is -1.25. The fraction of sp³-hybridized carbons (Fsp3) is 0.152. The van der Waals surface area contributed by atoms with Crippen molar-refractivity contribution < 1.29 is 36.7 Å². The van der Waals surface area contributed by atoms with Gasteiger partial charge in [0.15, 0.2) is 6.86 Å². The monoisotopic (exact) mass is 639 g/mol. The second kappa shape index (κ2) is 15.3. The third-order valence-corrected chi connectivity index (χ3v) is 7.16. The first kappa shape index (κ1) is 33.1. The van der Waals surface area contributed by atoms with Crippen LogP contribution in [0.4, 0.5) is 23.2 Å². The van der Waals surface area contributed by atoms with Crippen molar-refractivity contribution in [2.75, 3.05) is 24.9 Å². The lowest BCUT2D eigenvalue weighted by atomic mass is 9.97. The fourth-order valence-electron chi connectivity index (χ4n) is 4.74. The van der Waals surface area contributed by atoms with Crippen molar-refractivity contribution in [3.8, 4) is 22.5 Å². The van der Waals surface area contributed by atoms with Crippen LogP contribution in [0.1, 0.15) is 32.3 Å². The van der Waals surface area contributed by atoms with E-state index in [9.17, 15) is 27.2 Å². The second-order valence-electron chi connectivity index (χ2n) is 9.49. The number of amides is 2. The predicted molar refractivity (Wildman–Crippen MR) is 168 cm³/mol. The Morgan fingerprint density at radius 3 is 2.22 bits per heavy atom. The van der Waals surface area contributed by atoms with E-state index in [1.165, 1.54) is 55.4 Å². The average Bonchev–Trinajstić information content (AvgIpc) is 3.42. The number of nitrogens with one attached hydrogen (secondary N) is 3. The number of hydrogen-bond donors (Lipinski definition) is 4. The van der Waals surface area contributed by atoms with Crippen molar-refractivity contribution in [1.82, 2.24) is 10.6 Å². The SMILES string of the molecule is CNC(=O)c1c(-c2ccc(F)cc2)oc2cc(NSC)c(-c3cccc(C(=O)NC(c4ccccc4)C(F)F)c3)cc12.OCF. The van der Waals surface area contributed by atoms with Crippen LogP contribution in [-0.2, 0) is 0 Å². The summed E-state index contributed by atoms with van der Waals surface area (Å²) in [5, 5.41) is 12.5. The number of carbonyl (C=O) groups is 2. The lowest BCUT2D eigenvalue weighted by Gasteiger charge is -2.19. The van der Waals surface area contributed by atoms with E-state index in [0.29, 0.717) is 38.9 Å². The van der Waals surface area contributed by atoms with Gasteiger partial charge in [0.1, 0.15) is 23.2 Å². The molecule has 4 aromatic carbocycles. The van der Waals surface area contributed by atoms with Crippen LogP contribution in [0.15, 0.2) is 95.4 Å². The number of fused-ring (bicyclic) bond motifs is 1. The lowest BCUT2D eigenvalue weighted by molar-refractivity contribution is 0.0744. The van der Waals surface area contributed by atoms with Crippen molar-refractivity contribution in [3.05, 3.63) is 114 Å². The summed E-state index contributed by atoms with van der Waals surface area (Å²) in [4.78, 5) is 26.2. The molecule has 0 saturated carbocycles. The number of aliphatic hydroxyl groups excluding tert-OH is 1. The van der Waals surface area contributed by atoms with Crippen molar-refractivity contribution in [3.63, 3.8) is 0 Å². The molecule has 0 aliphatic carbocycles. The van der Waals surface area contributed by atoms with Crippen molar-refractivity contribution in [2.24, 2.45) is 0 Å². The highest BCUT2D eigenvalue weighted by molar-refractivity contribution is 7.99. The van der Waals surface area contributed by atoms with Gasteiger partial charge in [0.05, 0.1) is 11.3 Å². The first-order valence-electron chi connectivity index (χ1n) is 13.5. The number of carbonyl (C=O) groups excluding carboxylic acids is 2. The molecule has 0 radical (unpaired) electrons. The van der Waals surface area contributed by atoms with Crippen LogP contribution in [-0.4, -0.2) is 43.5 Å². The molecule has 0 aliphatic rings. The van der Waals surface area contributed by atoms with Crippen LogP contribution in [0, 0.1) is 5.82 Å². The molecule has 5 rings (SSSR count). The van der Waals surface area contributed by atoms with Crippen LogP contribution in [0.3, 0.4) is 0 Å². The first-order valence-corrected chi connectivity index (χ1v) is 14.7. The van der Waals surface area contributed by atoms with Gasteiger partial charge in [-0.25, -0.2) is 17.6 Å². The largest absolute Gasteiger partial charge is 0.455 e. The van der Waals surface area contributed by atoms with Crippen LogP contribution < -0.4 is 15.4 Å². The van der Waals surface area contributed by atoms with E-state index in [4.69, 9.17) is 9.52 Å². The summed E-state index contributed by atoms with van der Waals surface area (Å²) in [6, 6.07) is 22.4. The lowest BCUT2D eigenvalue weighted by Crippen LogP contribution is -2.33. The molecule has 0 aliphatic heterocycles. The Kier molecular flexibility index (Phi) is 11.2. The van der Waals surface area contributed by atoms with Gasteiger partial charge in [0, 0.05) is 41.4 Å². The molecular formula is C33H29F4N3O4S. The maximum Gasteiger partial charge on any atom is 0.262 e. The summed E-state index contributed by atoms with van der Waals surface area (Å²) in [6.07, 6.45) is -0.965. The molecular weight excluding hydrogens is 610 g/mol. The van der Waals surface area contributed by atoms with Crippen LogP contribution >= 0.6 is 11.9 Å². The van der Waals surface area contributed by atoms with Gasteiger partial charge in [-0.3, -0.25) is 9.59 Å². The Morgan fingerprint density at radius 2 is 1.60 bits per heavy atom. The molecule has 0 spiro atoms. The minimum atomic E-state index is -2.81. The molecule has 5 aromatic rings. The van der Waals surface area contributed by atoms with E-state index in [-0.39, 0.29) is 16.9 Å². The maximum atomic E-state index is 13.9. The van der Waals surface area contributed by atoms with Gasteiger partial charge >= 0.3 is 0 Å². The third-order valence-electron chi connectivity index (χ3n) is 6.73. The fourth-order valence-corrected chi connectivity index (χ4v) is 5.12. The zero-order chi connectivity index (χ0) is 32.5. The Morgan fingerprint density at radius 1 is 0.911 bits per heavy atom. The molecule has 4 N–H and O–H groups in total. The van der Waals surface area contributed by atoms with Gasteiger partial charge in [-0.05, 0) is 53.6 Å². The first-order chi connectivity index (χ1) is 21.7.